The summed E-state index contributed by atoms with van der Waals surface area (Å²) < 4.78 is 18.7. The fraction of sp³-hybridized carbons (Fsp3) is 0.429. The molecular weight excluding hydrogens is 279 g/mol. The minimum Gasteiger partial charge on any atom is -0.480 e. The van der Waals surface area contributed by atoms with Gasteiger partial charge in [-0.05, 0) is 19.2 Å². The minimum absolute atomic E-state index is 0.275. The Morgan fingerprint density at radius 1 is 1.29 bits per heavy atom. The van der Waals surface area contributed by atoms with Gasteiger partial charge in [0.2, 0.25) is 0 Å². The molecule has 0 bridgehead atoms. The van der Waals surface area contributed by atoms with E-state index in [1.807, 2.05) is 7.05 Å². The molecule has 6 nitrogen and oxygen atoms in total. The van der Waals surface area contributed by atoms with E-state index >= 15 is 0 Å². The molecular formula is C14H17FN2O4. The van der Waals surface area contributed by atoms with Gasteiger partial charge in [0.15, 0.2) is 18.2 Å². The van der Waals surface area contributed by atoms with Crippen molar-refractivity contribution in [3.05, 3.63) is 29.6 Å². The van der Waals surface area contributed by atoms with E-state index in [9.17, 15) is 14.0 Å². The van der Waals surface area contributed by atoms with Gasteiger partial charge in [-0.15, -0.1) is 0 Å². The van der Waals surface area contributed by atoms with Crippen LogP contribution in [0.2, 0.25) is 0 Å². The van der Waals surface area contributed by atoms with Crippen LogP contribution in [0, 0.1) is 5.82 Å². The molecule has 1 amide bonds. The molecule has 0 unspecified atom stereocenters. The van der Waals surface area contributed by atoms with Crippen LogP contribution in [0.5, 0.6) is 5.75 Å². The van der Waals surface area contributed by atoms with E-state index in [1.165, 1.54) is 12.1 Å². The highest BCUT2D eigenvalue weighted by atomic mass is 19.1. The predicted molar refractivity (Wildman–Crippen MR) is 72.9 cm³/mol. The molecule has 7 heteroatoms. The highest BCUT2D eigenvalue weighted by Crippen LogP contribution is 2.22. The molecule has 1 N–H and O–H groups in total. The zero-order valence-corrected chi connectivity index (χ0v) is 11.7. The first-order valence-corrected chi connectivity index (χ1v) is 6.60. The number of carboxylic acids is 1. The highest BCUT2D eigenvalue weighted by Gasteiger charge is 2.21. The number of hydrogen-bond acceptors (Lipinski definition) is 4. The second-order valence-corrected chi connectivity index (χ2v) is 4.89. The largest absolute Gasteiger partial charge is 0.480 e. The highest BCUT2D eigenvalue weighted by molar-refractivity contribution is 5.91. The molecule has 0 radical (unpaired) electrons. The lowest BCUT2D eigenvalue weighted by molar-refractivity contribution is -0.135. The predicted octanol–water partition coefficient (Wildman–Crippen LogP) is 0.677. The second-order valence-electron chi connectivity index (χ2n) is 4.89. The third kappa shape index (κ3) is 3.69. The Balaban J connectivity index is 2.00. The molecule has 2 rings (SSSR count). The van der Waals surface area contributed by atoms with Crippen LogP contribution in [0.4, 0.5) is 4.39 Å². The Kier molecular flexibility index (Phi) is 4.74. The summed E-state index contributed by atoms with van der Waals surface area (Å²) in [5, 5.41) is 8.99. The summed E-state index contributed by atoms with van der Waals surface area (Å²) in [6.45, 7) is 2.34. The Morgan fingerprint density at radius 3 is 2.57 bits per heavy atom. The van der Waals surface area contributed by atoms with Crippen LogP contribution in [0.1, 0.15) is 10.4 Å². The van der Waals surface area contributed by atoms with Crippen LogP contribution in [-0.2, 0) is 4.79 Å². The standard InChI is InChI=1S/C14H17FN2O4/c1-16-5-7-17(8-6-16)12(18)9-21-13-10(14(19)20)3-2-4-11(13)15/h2-4H,5-9H2,1H3,(H,19,20). The number of para-hydroxylation sites is 1. The first-order chi connectivity index (χ1) is 9.99. The number of carbonyl (C=O) groups excluding carboxylic acids is 1. The van der Waals surface area contributed by atoms with Crippen molar-refractivity contribution in [2.45, 2.75) is 0 Å². The van der Waals surface area contributed by atoms with E-state index < -0.39 is 17.5 Å². The summed E-state index contributed by atoms with van der Waals surface area (Å²) in [5.41, 5.74) is -0.291. The third-order valence-electron chi connectivity index (χ3n) is 3.39. The van der Waals surface area contributed by atoms with Gasteiger partial charge >= 0.3 is 5.97 Å². The van der Waals surface area contributed by atoms with E-state index in [0.717, 1.165) is 19.2 Å². The molecule has 1 heterocycles. The Bertz CT molecular complexity index is 542. The molecule has 0 aliphatic carbocycles. The van der Waals surface area contributed by atoms with Gasteiger partial charge in [0.25, 0.3) is 5.91 Å². The van der Waals surface area contributed by atoms with Gasteiger partial charge in [-0.1, -0.05) is 6.07 Å². The molecule has 0 atom stereocenters. The van der Waals surface area contributed by atoms with Crippen molar-refractivity contribution in [3.63, 3.8) is 0 Å². The van der Waals surface area contributed by atoms with E-state index in [0.29, 0.717) is 13.1 Å². The van der Waals surface area contributed by atoms with Crippen LogP contribution in [0.15, 0.2) is 18.2 Å². The number of rotatable bonds is 4. The Labute approximate surface area is 121 Å². The van der Waals surface area contributed by atoms with Gasteiger partial charge in [0, 0.05) is 26.2 Å². The number of hydrogen-bond donors (Lipinski definition) is 1. The van der Waals surface area contributed by atoms with Crippen LogP contribution in [0.3, 0.4) is 0 Å². The number of ether oxygens (including phenoxy) is 1. The monoisotopic (exact) mass is 296 g/mol. The fourth-order valence-electron chi connectivity index (χ4n) is 2.10. The SMILES string of the molecule is CN1CCN(C(=O)COc2c(F)cccc2C(=O)O)CC1. The number of benzene rings is 1. The van der Waals surface area contributed by atoms with E-state index in [-0.39, 0.29) is 18.1 Å². The summed E-state index contributed by atoms with van der Waals surface area (Å²) in [6, 6.07) is 3.62. The second kappa shape index (κ2) is 6.53. The number of likely N-dealkylation sites (N-methyl/N-ethyl adjacent to an activating group) is 1. The van der Waals surface area contributed by atoms with Crippen molar-refractivity contribution in [2.75, 3.05) is 39.8 Å². The Hall–Kier alpha value is -2.15. The third-order valence-corrected chi connectivity index (χ3v) is 3.39. The molecule has 0 aromatic heterocycles. The summed E-state index contributed by atoms with van der Waals surface area (Å²) in [4.78, 5) is 26.7. The number of nitrogens with zero attached hydrogens (tertiary/aromatic N) is 2. The maximum absolute atomic E-state index is 13.6. The Morgan fingerprint density at radius 2 is 1.95 bits per heavy atom. The summed E-state index contributed by atoms with van der Waals surface area (Å²) >= 11 is 0. The zero-order valence-electron chi connectivity index (χ0n) is 11.7. The van der Waals surface area contributed by atoms with Gasteiger partial charge in [0.1, 0.15) is 5.56 Å². The number of aromatic carboxylic acids is 1. The van der Waals surface area contributed by atoms with Crippen molar-refractivity contribution in [1.82, 2.24) is 9.80 Å². The summed E-state index contributed by atoms with van der Waals surface area (Å²) in [5.74, 6) is -2.76. The van der Waals surface area contributed by atoms with Gasteiger partial charge in [-0.2, -0.15) is 0 Å². The number of carbonyl (C=O) groups is 2. The normalized spacial score (nSPS) is 15.8. The topological polar surface area (TPSA) is 70.1 Å². The molecule has 21 heavy (non-hydrogen) atoms. The van der Waals surface area contributed by atoms with Gasteiger partial charge in [0.05, 0.1) is 0 Å². The maximum Gasteiger partial charge on any atom is 0.339 e. The van der Waals surface area contributed by atoms with E-state index in [2.05, 4.69) is 4.90 Å². The van der Waals surface area contributed by atoms with Crippen molar-refractivity contribution in [2.24, 2.45) is 0 Å². The van der Waals surface area contributed by atoms with Crippen molar-refractivity contribution in [3.8, 4) is 5.75 Å². The molecule has 1 aliphatic heterocycles. The molecule has 1 aliphatic rings. The number of amides is 1. The number of carboxylic acid groups (broad SMARTS) is 1. The number of piperazine rings is 1. The van der Waals surface area contributed by atoms with Crippen LogP contribution in [-0.4, -0.2) is 66.6 Å². The first-order valence-electron chi connectivity index (χ1n) is 6.60. The fourth-order valence-corrected chi connectivity index (χ4v) is 2.10. The quantitative estimate of drug-likeness (QED) is 0.884. The van der Waals surface area contributed by atoms with Crippen molar-refractivity contribution >= 4 is 11.9 Å². The van der Waals surface area contributed by atoms with E-state index in [1.54, 1.807) is 4.90 Å². The van der Waals surface area contributed by atoms with Crippen molar-refractivity contribution in [1.29, 1.82) is 0 Å². The molecule has 0 spiro atoms. The van der Waals surface area contributed by atoms with Gasteiger partial charge < -0.3 is 19.6 Å². The lowest BCUT2D eigenvalue weighted by Gasteiger charge is -2.32. The first kappa shape index (κ1) is 15.2. The minimum atomic E-state index is -1.29. The molecule has 1 fully saturated rings. The molecule has 1 aromatic rings. The van der Waals surface area contributed by atoms with Gasteiger partial charge in [-0.25, -0.2) is 9.18 Å². The maximum atomic E-state index is 13.6. The summed E-state index contributed by atoms with van der Waals surface area (Å²) in [7, 11) is 1.97. The van der Waals surface area contributed by atoms with Gasteiger partial charge in [-0.3, -0.25) is 4.79 Å². The average Bonchev–Trinajstić information content (AvgIpc) is 2.46. The molecule has 0 saturated carbocycles. The lowest BCUT2D eigenvalue weighted by atomic mass is 10.2. The van der Waals surface area contributed by atoms with Crippen LogP contribution in [0.25, 0.3) is 0 Å². The summed E-state index contributed by atoms with van der Waals surface area (Å²) in [6.07, 6.45) is 0. The molecule has 114 valence electrons. The number of halogens is 1. The van der Waals surface area contributed by atoms with Crippen molar-refractivity contribution < 1.29 is 23.8 Å². The van der Waals surface area contributed by atoms with Crippen LogP contribution < -0.4 is 4.74 Å². The average molecular weight is 296 g/mol. The zero-order chi connectivity index (χ0) is 15.4. The van der Waals surface area contributed by atoms with E-state index in [4.69, 9.17) is 9.84 Å². The molecule has 1 aromatic carbocycles. The lowest BCUT2D eigenvalue weighted by Crippen LogP contribution is -2.48. The van der Waals surface area contributed by atoms with Crippen LogP contribution >= 0.6 is 0 Å². The molecule has 1 saturated heterocycles. The smallest absolute Gasteiger partial charge is 0.339 e.